The van der Waals surface area contributed by atoms with Gasteiger partial charge in [-0.3, -0.25) is 4.79 Å². The van der Waals surface area contributed by atoms with E-state index in [1.54, 1.807) is 0 Å². The number of anilines is 1. The van der Waals surface area contributed by atoms with Gasteiger partial charge in [0, 0.05) is 32.2 Å². The first-order valence-corrected chi connectivity index (χ1v) is 8.15. The zero-order valence-corrected chi connectivity index (χ0v) is 14.3. The number of amides is 1. The Morgan fingerprint density at radius 1 is 1.04 bits per heavy atom. The lowest BCUT2D eigenvalue weighted by Gasteiger charge is -2.19. The van der Waals surface area contributed by atoms with Crippen LogP contribution < -0.4 is 10.2 Å². The van der Waals surface area contributed by atoms with Crippen LogP contribution >= 0.6 is 0 Å². The van der Waals surface area contributed by atoms with Gasteiger partial charge in [0.05, 0.1) is 0 Å². The number of benzene rings is 2. The molecular formula is C20H26N2O. The molecule has 0 aromatic heterocycles. The first-order valence-electron chi connectivity index (χ1n) is 8.15. The summed E-state index contributed by atoms with van der Waals surface area (Å²) in [7, 11) is 2.04. The minimum absolute atomic E-state index is 0.115. The molecule has 0 fully saturated rings. The average Bonchev–Trinajstić information content (AvgIpc) is 2.56. The minimum Gasteiger partial charge on any atom is -0.373 e. The lowest BCUT2D eigenvalue weighted by molar-refractivity contribution is -0.120. The highest BCUT2D eigenvalue weighted by molar-refractivity contribution is 5.76. The molecule has 3 heteroatoms. The molecule has 23 heavy (non-hydrogen) atoms. The molecule has 1 N–H and O–H groups in total. The largest absolute Gasteiger partial charge is 0.373 e. The van der Waals surface area contributed by atoms with Gasteiger partial charge in [-0.15, -0.1) is 0 Å². The van der Waals surface area contributed by atoms with E-state index in [4.69, 9.17) is 0 Å². The number of rotatable bonds is 7. The maximum absolute atomic E-state index is 12.0. The fraction of sp³-hybridized carbons (Fsp3) is 0.350. The number of nitrogens with one attached hydrogen (secondary N) is 1. The third-order valence-corrected chi connectivity index (χ3v) is 4.18. The first-order chi connectivity index (χ1) is 11.1. The van der Waals surface area contributed by atoms with Crippen LogP contribution in [0.4, 0.5) is 5.69 Å². The highest BCUT2D eigenvalue weighted by Gasteiger charge is 2.04. The van der Waals surface area contributed by atoms with Crippen molar-refractivity contribution in [2.45, 2.75) is 26.7 Å². The summed E-state index contributed by atoms with van der Waals surface area (Å²) in [6.07, 6.45) is 1.33. The molecule has 3 nitrogen and oxygen atoms in total. The van der Waals surface area contributed by atoms with Crippen molar-refractivity contribution in [2.24, 2.45) is 0 Å². The molecule has 0 saturated carbocycles. The maximum atomic E-state index is 12.0. The fourth-order valence-electron chi connectivity index (χ4n) is 2.48. The van der Waals surface area contributed by atoms with Gasteiger partial charge in [-0.2, -0.15) is 0 Å². The minimum atomic E-state index is 0.115. The van der Waals surface area contributed by atoms with Crippen molar-refractivity contribution >= 4 is 11.6 Å². The van der Waals surface area contributed by atoms with E-state index >= 15 is 0 Å². The van der Waals surface area contributed by atoms with E-state index in [9.17, 15) is 4.79 Å². The Hall–Kier alpha value is -2.29. The molecule has 0 aliphatic heterocycles. The van der Waals surface area contributed by atoms with Gasteiger partial charge in [-0.1, -0.05) is 36.4 Å². The molecule has 2 aromatic carbocycles. The van der Waals surface area contributed by atoms with Gasteiger partial charge in [-0.05, 0) is 49.1 Å². The van der Waals surface area contributed by atoms with E-state index < -0.39 is 0 Å². The SMILES string of the molecule is Cc1ccc(CCC(=O)NCCN(C)c2ccccc2)cc1C. The van der Waals surface area contributed by atoms with Crippen LogP contribution in [0.25, 0.3) is 0 Å². The Labute approximate surface area is 139 Å². The van der Waals surface area contributed by atoms with Crippen LogP contribution in [0.2, 0.25) is 0 Å². The Morgan fingerprint density at radius 3 is 2.48 bits per heavy atom. The fourth-order valence-corrected chi connectivity index (χ4v) is 2.48. The number of aryl methyl sites for hydroxylation is 3. The number of likely N-dealkylation sites (N-methyl/N-ethyl adjacent to an activating group) is 1. The average molecular weight is 310 g/mol. The molecule has 0 heterocycles. The number of para-hydroxylation sites is 1. The lowest BCUT2D eigenvalue weighted by Crippen LogP contribution is -2.33. The molecule has 0 unspecified atom stereocenters. The Bertz CT molecular complexity index is 637. The predicted molar refractivity (Wildman–Crippen MR) is 97.0 cm³/mol. The second-order valence-electron chi connectivity index (χ2n) is 6.03. The van der Waals surface area contributed by atoms with Crippen LogP contribution in [0.5, 0.6) is 0 Å². The number of hydrogen-bond donors (Lipinski definition) is 1. The van der Waals surface area contributed by atoms with Gasteiger partial charge in [-0.25, -0.2) is 0 Å². The van der Waals surface area contributed by atoms with Crippen LogP contribution in [0, 0.1) is 13.8 Å². The number of nitrogens with zero attached hydrogens (tertiary/aromatic N) is 1. The molecule has 0 spiro atoms. The standard InChI is InChI=1S/C20H26N2O/c1-16-9-10-18(15-17(16)2)11-12-20(23)21-13-14-22(3)19-7-5-4-6-8-19/h4-10,15H,11-14H2,1-3H3,(H,21,23). The summed E-state index contributed by atoms with van der Waals surface area (Å²) in [4.78, 5) is 14.1. The van der Waals surface area contributed by atoms with Crippen molar-refractivity contribution in [1.82, 2.24) is 5.32 Å². The topological polar surface area (TPSA) is 32.3 Å². The third-order valence-electron chi connectivity index (χ3n) is 4.18. The third kappa shape index (κ3) is 5.44. The van der Waals surface area contributed by atoms with Crippen molar-refractivity contribution in [3.05, 3.63) is 65.2 Å². The van der Waals surface area contributed by atoms with Crippen LogP contribution in [0.1, 0.15) is 23.1 Å². The predicted octanol–water partition coefficient (Wildman–Crippen LogP) is 3.49. The van der Waals surface area contributed by atoms with Crippen LogP contribution in [0.15, 0.2) is 48.5 Å². The van der Waals surface area contributed by atoms with E-state index in [1.165, 1.54) is 16.7 Å². The molecule has 0 atom stereocenters. The molecule has 0 aliphatic carbocycles. The monoisotopic (exact) mass is 310 g/mol. The number of carbonyl (C=O) groups excluding carboxylic acids is 1. The first kappa shape index (κ1) is 17.1. The molecule has 2 rings (SSSR count). The molecule has 0 aliphatic rings. The molecule has 2 aromatic rings. The summed E-state index contributed by atoms with van der Waals surface area (Å²) in [6, 6.07) is 16.6. The van der Waals surface area contributed by atoms with Gasteiger partial charge in [0.25, 0.3) is 0 Å². The van der Waals surface area contributed by atoms with Gasteiger partial charge >= 0.3 is 0 Å². The Morgan fingerprint density at radius 2 is 1.78 bits per heavy atom. The smallest absolute Gasteiger partial charge is 0.220 e. The summed E-state index contributed by atoms with van der Waals surface area (Å²) >= 11 is 0. The summed E-state index contributed by atoms with van der Waals surface area (Å²) in [5.74, 6) is 0.115. The van der Waals surface area contributed by atoms with Gasteiger partial charge in [0.1, 0.15) is 0 Å². The zero-order chi connectivity index (χ0) is 16.7. The molecule has 0 radical (unpaired) electrons. The molecule has 0 bridgehead atoms. The van der Waals surface area contributed by atoms with E-state index in [2.05, 4.69) is 54.4 Å². The highest BCUT2D eigenvalue weighted by Crippen LogP contribution is 2.12. The van der Waals surface area contributed by atoms with E-state index in [-0.39, 0.29) is 5.91 Å². The second kappa shape index (κ2) is 8.37. The van der Waals surface area contributed by atoms with Crippen molar-refractivity contribution in [3.63, 3.8) is 0 Å². The number of hydrogen-bond acceptors (Lipinski definition) is 2. The van der Waals surface area contributed by atoms with Crippen LogP contribution in [0.3, 0.4) is 0 Å². The van der Waals surface area contributed by atoms with Crippen molar-refractivity contribution in [3.8, 4) is 0 Å². The summed E-state index contributed by atoms with van der Waals surface area (Å²) in [5, 5.41) is 3.00. The Balaban J connectivity index is 1.70. The quantitative estimate of drug-likeness (QED) is 0.849. The lowest BCUT2D eigenvalue weighted by atomic mass is 10.0. The molecule has 0 saturated heterocycles. The molecule has 1 amide bonds. The molecule has 122 valence electrons. The highest BCUT2D eigenvalue weighted by atomic mass is 16.1. The van der Waals surface area contributed by atoms with Crippen LogP contribution in [-0.2, 0) is 11.2 Å². The normalized spacial score (nSPS) is 10.4. The molecular weight excluding hydrogens is 284 g/mol. The Kier molecular flexibility index (Phi) is 6.21. The maximum Gasteiger partial charge on any atom is 0.220 e. The summed E-state index contributed by atoms with van der Waals surface area (Å²) in [6.45, 7) is 5.68. The van der Waals surface area contributed by atoms with Crippen LogP contribution in [-0.4, -0.2) is 26.0 Å². The zero-order valence-electron chi connectivity index (χ0n) is 14.3. The second-order valence-corrected chi connectivity index (χ2v) is 6.03. The van der Waals surface area contributed by atoms with Crippen molar-refractivity contribution in [1.29, 1.82) is 0 Å². The van der Waals surface area contributed by atoms with E-state index in [1.807, 2.05) is 25.2 Å². The van der Waals surface area contributed by atoms with Crippen molar-refractivity contribution in [2.75, 3.05) is 25.0 Å². The summed E-state index contributed by atoms with van der Waals surface area (Å²) in [5.41, 5.74) is 4.97. The van der Waals surface area contributed by atoms with Gasteiger partial charge in [0.2, 0.25) is 5.91 Å². The van der Waals surface area contributed by atoms with Gasteiger partial charge in [0.15, 0.2) is 0 Å². The number of carbonyl (C=O) groups is 1. The van der Waals surface area contributed by atoms with E-state index in [0.29, 0.717) is 13.0 Å². The van der Waals surface area contributed by atoms with Crippen molar-refractivity contribution < 1.29 is 4.79 Å². The van der Waals surface area contributed by atoms with Gasteiger partial charge < -0.3 is 10.2 Å². The van der Waals surface area contributed by atoms with E-state index in [0.717, 1.165) is 18.7 Å². The summed E-state index contributed by atoms with van der Waals surface area (Å²) < 4.78 is 0.